The molecule has 0 bridgehead atoms. The molecule has 0 aromatic heterocycles. The van der Waals surface area contributed by atoms with Crippen LogP contribution in [-0.4, -0.2) is 19.1 Å². The number of benzene rings is 1. The SMILES string of the molecule is Nc1cc2c(cc1NC(=O)C1CC3CC3C1)OCCO2. The zero-order chi connectivity index (χ0) is 13.7. The lowest BCUT2D eigenvalue weighted by atomic mass is 10.0. The Morgan fingerprint density at radius 3 is 2.45 bits per heavy atom. The van der Waals surface area contributed by atoms with Crippen LogP contribution in [0.2, 0.25) is 0 Å². The lowest BCUT2D eigenvalue weighted by molar-refractivity contribution is -0.120. The molecule has 2 unspecified atom stereocenters. The summed E-state index contributed by atoms with van der Waals surface area (Å²) in [6.07, 6.45) is 3.37. The Morgan fingerprint density at radius 1 is 1.10 bits per heavy atom. The summed E-state index contributed by atoms with van der Waals surface area (Å²) in [4.78, 5) is 12.3. The molecule has 1 amide bonds. The van der Waals surface area contributed by atoms with Crippen molar-refractivity contribution in [3.8, 4) is 11.5 Å². The predicted molar refractivity (Wildman–Crippen MR) is 74.8 cm³/mol. The number of hydrogen-bond donors (Lipinski definition) is 2. The van der Waals surface area contributed by atoms with Crippen LogP contribution >= 0.6 is 0 Å². The van der Waals surface area contributed by atoms with Crippen LogP contribution in [0.3, 0.4) is 0 Å². The topological polar surface area (TPSA) is 73.6 Å². The van der Waals surface area contributed by atoms with Gasteiger partial charge in [0.2, 0.25) is 5.91 Å². The van der Waals surface area contributed by atoms with E-state index in [2.05, 4.69) is 5.32 Å². The lowest BCUT2D eigenvalue weighted by Crippen LogP contribution is -2.22. The van der Waals surface area contributed by atoms with Crippen LogP contribution < -0.4 is 20.5 Å². The fourth-order valence-corrected chi connectivity index (χ4v) is 3.38. The number of carbonyl (C=O) groups excluding carboxylic acids is 1. The minimum absolute atomic E-state index is 0.0839. The van der Waals surface area contributed by atoms with Gasteiger partial charge in [0.25, 0.3) is 0 Å². The number of nitrogens with two attached hydrogens (primary N) is 1. The number of ether oxygens (including phenoxy) is 2. The fourth-order valence-electron chi connectivity index (χ4n) is 3.38. The molecule has 4 rings (SSSR count). The molecule has 20 heavy (non-hydrogen) atoms. The van der Waals surface area contributed by atoms with E-state index in [9.17, 15) is 4.79 Å². The summed E-state index contributed by atoms with van der Waals surface area (Å²) >= 11 is 0. The van der Waals surface area contributed by atoms with Gasteiger partial charge >= 0.3 is 0 Å². The first-order valence-electron chi connectivity index (χ1n) is 7.20. The highest BCUT2D eigenvalue weighted by molar-refractivity contribution is 5.96. The van der Waals surface area contributed by atoms with Crippen LogP contribution in [-0.2, 0) is 4.79 Å². The van der Waals surface area contributed by atoms with Gasteiger partial charge in [0, 0.05) is 18.1 Å². The fraction of sp³-hybridized carbons (Fsp3) is 0.533. The molecule has 2 aliphatic carbocycles. The second kappa shape index (κ2) is 4.30. The molecule has 5 heteroatoms. The van der Waals surface area contributed by atoms with Gasteiger partial charge in [-0.05, 0) is 31.1 Å². The minimum atomic E-state index is 0.0839. The van der Waals surface area contributed by atoms with Gasteiger partial charge in [0.1, 0.15) is 13.2 Å². The maximum Gasteiger partial charge on any atom is 0.227 e. The average Bonchev–Trinajstić information content (AvgIpc) is 3.06. The van der Waals surface area contributed by atoms with Crippen molar-refractivity contribution in [2.45, 2.75) is 19.3 Å². The summed E-state index contributed by atoms with van der Waals surface area (Å²) < 4.78 is 11.0. The molecule has 3 N–H and O–H groups in total. The first-order valence-corrected chi connectivity index (χ1v) is 7.20. The second-order valence-corrected chi connectivity index (χ2v) is 6.00. The Labute approximate surface area is 117 Å². The van der Waals surface area contributed by atoms with E-state index in [1.165, 1.54) is 6.42 Å². The Bertz CT molecular complexity index is 562. The summed E-state index contributed by atoms with van der Waals surface area (Å²) in [6, 6.07) is 3.48. The number of hydrogen-bond acceptors (Lipinski definition) is 4. The molecule has 3 aliphatic rings. The summed E-state index contributed by atoms with van der Waals surface area (Å²) in [7, 11) is 0. The molecule has 2 saturated carbocycles. The van der Waals surface area contributed by atoms with E-state index >= 15 is 0 Å². The third-order valence-corrected chi connectivity index (χ3v) is 4.59. The van der Waals surface area contributed by atoms with Gasteiger partial charge in [-0.25, -0.2) is 0 Å². The molecule has 0 saturated heterocycles. The van der Waals surface area contributed by atoms with Gasteiger partial charge in [-0.3, -0.25) is 4.79 Å². The first kappa shape index (κ1) is 11.9. The molecule has 106 valence electrons. The molecule has 0 radical (unpaired) electrons. The van der Waals surface area contributed by atoms with E-state index in [-0.39, 0.29) is 11.8 Å². The molecular weight excluding hydrogens is 256 g/mol. The normalized spacial score (nSPS) is 29.7. The van der Waals surface area contributed by atoms with Crippen molar-refractivity contribution >= 4 is 17.3 Å². The molecule has 1 aromatic carbocycles. The Balaban J connectivity index is 1.51. The van der Waals surface area contributed by atoms with Crippen molar-refractivity contribution in [2.24, 2.45) is 17.8 Å². The molecule has 0 spiro atoms. The zero-order valence-electron chi connectivity index (χ0n) is 11.2. The van der Waals surface area contributed by atoms with E-state index < -0.39 is 0 Å². The highest BCUT2D eigenvalue weighted by Crippen LogP contribution is 2.54. The smallest absolute Gasteiger partial charge is 0.227 e. The van der Waals surface area contributed by atoms with Crippen LogP contribution in [0.25, 0.3) is 0 Å². The third kappa shape index (κ3) is 1.97. The minimum Gasteiger partial charge on any atom is -0.486 e. The van der Waals surface area contributed by atoms with Gasteiger partial charge in [-0.1, -0.05) is 0 Å². The van der Waals surface area contributed by atoms with Crippen molar-refractivity contribution < 1.29 is 14.3 Å². The summed E-state index contributed by atoms with van der Waals surface area (Å²) in [5.41, 5.74) is 7.12. The number of rotatable bonds is 2. The molecule has 2 fully saturated rings. The largest absolute Gasteiger partial charge is 0.486 e. The van der Waals surface area contributed by atoms with Crippen molar-refractivity contribution in [3.05, 3.63) is 12.1 Å². The zero-order valence-corrected chi connectivity index (χ0v) is 11.2. The monoisotopic (exact) mass is 274 g/mol. The average molecular weight is 274 g/mol. The first-order chi connectivity index (χ1) is 9.70. The maximum atomic E-state index is 12.3. The highest BCUT2D eigenvalue weighted by Gasteiger charge is 2.48. The Hall–Kier alpha value is -1.91. The van der Waals surface area contributed by atoms with Crippen molar-refractivity contribution in [1.82, 2.24) is 0 Å². The van der Waals surface area contributed by atoms with Crippen molar-refractivity contribution in [3.63, 3.8) is 0 Å². The molecular formula is C15H18N2O3. The molecule has 1 aliphatic heterocycles. The van der Waals surface area contributed by atoms with Crippen LogP contribution in [0, 0.1) is 17.8 Å². The molecule has 1 heterocycles. The van der Waals surface area contributed by atoms with Gasteiger partial charge in [0.05, 0.1) is 11.4 Å². The number of anilines is 2. The number of amides is 1. The van der Waals surface area contributed by atoms with E-state index in [1.54, 1.807) is 12.1 Å². The Kier molecular flexibility index (Phi) is 2.55. The summed E-state index contributed by atoms with van der Waals surface area (Å²) in [5.74, 6) is 3.11. The lowest BCUT2D eigenvalue weighted by Gasteiger charge is -2.21. The van der Waals surface area contributed by atoms with Crippen LogP contribution in [0.4, 0.5) is 11.4 Å². The van der Waals surface area contributed by atoms with Gasteiger partial charge < -0.3 is 20.5 Å². The maximum absolute atomic E-state index is 12.3. The number of carbonyl (C=O) groups is 1. The second-order valence-electron chi connectivity index (χ2n) is 6.00. The number of nitrogens with one attached hydrogen (secondary N) is 1. The molecule has 5 nitrogen and oxygen atoms in total. The van der Waals surface area contributed by atoms with Crippen molar-refractivity contribution in [2.75, 3.05) is 24.3 Å². The number of nitrogen functional groups attached to an aromatic ring is 1. The summed E-state index contributed by atoms with van der Waals surface area (Å²) in [6.45, 7) is 1.05. The van der Waals surface area contributed by atoms with Gasteiger partial charge in [-0.2, -0.15) is 0 Å². The third-order valence-electron chi connectivity index (χ3n) is 4.59. The molecule has 1 aromatic rings. The van der Waals surface area contributed by atoms with E-state index in [0.29, 0.717) is 36.1 Å². The van der Waals surface area contributed by atoms with Gasteiger partial charge in [0.15, 0.2) is 11.5 Å². The quantitative estimate of drug-likeness (QED) is 0.809. The van der Waals surface area contributed by atoms with E-state index in [0.717, 1.165) is 24.7 Å². The van der Waals surface area contributed by atoms with Crippen molar-refractivity contribution in [1.29, 1.82) is 0 Å². The molecule has 2 atom stereocenters. The van der Waals surface area contributed by atoms with E-state index in [4.69, 9.17) is 15.2 Å². The summed E-state index contributed by atoms with van der Waals surface area (Å²) in [5, 5.41) is 2.94. The highest BCUT2D eigenvalue weighted by atomic mass is 16.6. The van der Waals surface area contributed by atoms with Crippen LogP contribution in [0.5, 0.6) is 11.5 Å². The van der Waals surface area contributed by atoms with E-state index in [1.807, 2.05) is 0 Å². The van der Waals surface area contributed by atoms with Crippen LogP contribution in [0.15, 0.2) is 12.1 Å². The predicted octanol–water partition coefficient (Wildman–Crippen LogP) is 2.02. The van der Waals surface area contributed by atoms with Crippen LogP contribution in [0.1, 0.15) is 19.3 Å². The standard InChI is InChI=1S/C15H18N2O3/c16-11-6-13-14(20-2-1-19-13)7-12(11)17-15(18)10-4-8-3-9(8)5-10/h6-10H,1-5,16H2,(H,17,18). The van der Waals surface area contributed by atoms with Gasteiger partial charge in [-0.15, -0.1) is 0 Å². The number of fused-ring (bicyclic) bond motifs is 2. The Morgan fingerprint density at radius 2 is 1.75 bits per heavy atom.